The fourth-order valence-electron chi connectivity index (χ4n) is 3.28. The van der Waals surface area contributed by atoms with Crippen LogP contribution in [0.4, 0.5) is 0 Å². The van der Waals surface area contributed by atoms with E-state index in [4.69, 9.17) is 4.84 Å². The van der Waals surface area contributed by atoms with Crippen molar-refractivity contribution in [2.75, 3.05) is 33.0 Å². The first-order valence-corrected chi connectivity index (χ1v) is 9.51. The number of hydrogen-bond donors (Lipinski definition) is 0. The minimum absolute atomic E-state index is 0.423. The van der Waals surface area contributed by atoms with E-state index in [0.29, 0.717) is 10.8 Å². The Hall–Kier alpha value is -0.910. The largest absolute Gasteiger partial charge is 0.224 e. The number of rotatable bonds is 5. The maximum absolute atomic E-state index is 11.7. The van der Waals surface area contributed by atoms with Gasteiger partial charge in [-0.3, -0.25) is 0 Å². The van der Waals surface area contributed by atoms with E-state index < -0.39 is 9.84 Å². The molecular weight excluding hydrogens is 286 g/mol. The predicted octanol–water partition coefficient (Wildman–Crippen LogP) is 2.76. The maximum atomic E-state index is 11.7. The third-order valence-corrected chi connectivity index (χ3v) is 5.66. The zero-order valence-electron chi connectivity index (χ0n) is 13.2. The highest BCUT2D eigenvalue weighted by molar-refractivity contribution is 7.90. The number of benzene rings is 1. The number of quaternary nitrogens is 1. The molecule has 118 valence electrons. The number of likely N-dealkylation sites (tertiary alicyclic amines) is 1. The Morgan fingerprint density at radius 2 is 1.95 bits per heavy atom. The second-order valence-electron chi connectivity index (χ2n) is 6.03. The molecule has 0 N–H and O–H groups in total. The van der Waals surface area contributed by atoms with Gasteiger partial charge in [-0.25, -0.2) is 13.3 Å². The summed E-state index contributed by atoms with van der Waals surface area (Å²) >= 11 is 0. The van der Waals surface area contributed by atoms with E-state index in [1.54, 1.807) is 13.2 Å². The summed E-state index contributed by atoms with van der Waals surface area (Å²) in [6.45, 7) is 5.23. The van der Waals surface area contributed by atoms with Crippen molar-refractivity contribution in [2.45, 2.75) is 37.0 Å². The number of hydrogen-bond acceptors (Lipinski definition) is 3. The Balaban J connectivity index is 2.12. The lowest BCUT2D eigenvalue weighted by Gasteiger charge is -2.40. The molecular formula is C16H26NO3S+. The molecule has 0 unspecified atom stereocenters. The van der Waals surface area contributed by atoms with E-state index in [2.05, 4.69) is 6.92 Å². The normalized spacial score (nSPS) is 26.7. The van der Waals surface area contributed by atoms with Gasteiger partial charge in [0.25, 0.3) is 0 Å². The predicted molar refractivity (Wildman–Crippen MR) is 83.7 cm³/mol. The van der Waals surface area contributed by atoms with E-state index in [1.807, 2.05) is 18.2 Å². The van der Waals surface area contributed by atoms with Gasteiger partial charge in [0, 0.05) is 19.1 Å². The minimum atomic E-state index is -3.13. The average Bonchev–Trinajstić information content (AvgIpc) is 2.47. The lowest BCUT2D eigenvalue weighted by molar-refractivity contribution is -1.10. The Bertz CT molecular complexity index is 575. The van der Waals surface area contributed by atoms with Crippen molar-refractivity contribution in [3.05, 3.63) is 29.8 Å². The fourth-order valence-corrected chi connectivity index (χ4v) is 3.95. The van der Waals surface area contributed by atoms with E-state index in [9.17, 15) is 8.42 Å². The molecule has 5 heteroatoms. The molecule has 2 rings (SSSR count). The molecule has 21 heavy (non-hydrogen) atoms. The summed E-state index contributed by atoms with van der Waals surface area (Å²) in [4.78, 5) is 6.15. The smallest absolute Gasteiger partial charge is 0.175 e. The first-order chi connectivity index (χ1) is 9.90. The van der Waals surface area contributed by atoms with E-state index in [0.717, 1.165) is 49.1 Å². The molecule has 0 aromatic heterocycles. The quantitative estimate of drug-likeness (QED) is 0.785. The third-order valence-electron chi connectivity index (χ3n) is 4.55. The van der Waals surface area contributed by atoms with E-state index >= 15 is 0 Å². The highest BCUT2D eigenvalue weighted by atomic mass is 32.2. The summed E-state index contributed by atoms with van der Waals surface area (Å²) in [6, 6.07) is 7.41. The van der Waals surface area contributed by atoms with Crippen molar-refractivity contribution in [2.24, 2.45) is 0 Å². The van der Waals surface area contributed by atoms with Gasteiger partial charge in [0.15, 0.2) is 9.84 Å². The van der Waals surface area contributed by atoms with Gasteiger partial charge < -0.3 is 0 Å². The van der Waals surface area contributed by atoms with Crippen LogP contribution < -0.4 is 0 Å². The van der Waals surface area contributed by atoms with Crippen LogP contribution in [-0.4, -0.2) is 46.1 Å². The van der Waals surface area contributed by atoms with Gasteiger partial charge >= 0.3 is 0 Å². The van der Waals surface area contributed by atoms with Crippen LogP contribution in [0.5, 0.6) is 0 Å². The van der Waals surface area contributed by atoms with Crippen LogP contribution in [0.3, 0.4) is 0 Å². The maximum Gasteiger partial charge on any atom is 0.175 e. The second-order valence-corrected chi connectivity index (χ2v) is 8.05. The molecule has 0 amide bonds. The second kappa shape index (κ2) is 6.46. The van der Waals surface area contributed by atoms with Crippen molar-refractivity contribution in [1.29, 1.82) is 0 Å². The molecule has 1 fully saturated rings. The van der Waals surface area contributed by atoms with Gasteiger partial charge in [-0.1, -0.05) is 19.1 Å². The lowest BCUT2D eigenvalue weighted by Crippen LogP contribution is -2.52. The molecule has 0 aliphatic carbocycles. The summed E-state index contributed by atoms with van der Waals surface area (Å²) in [7, 11) is -1.34. The molecule has 4 nitrogen and oxygen atoms in total. The van der Waals surface area contributed by atoms with Crippen LogP contribution >= 0.6 is 0 Å². The average molecular weight is 312 g/mol. The molecule has 1 aromatic rings. The number of hydroxylamine groups is 3. The number of nitrogens with zero attached hydrogens (tertiary/aromatic N) is 1. The van der Waals surface area contributed by atoms with Crippen molar-refractivity contribution < 1.29 is 17.9 Å². The van der Waals surface area contributed by atoms with Crippen LogP contribution in [0.15, 0.2) is 29.2 Å². The molecule has 1 saturated heterocycles. The molecule has 1 aliphatic heterocycles. The van der Waals surface area contributed by atoms with Crippen LogP contribution in [-0.2, 0) is 14.7 Å². The van der Waals surface area contributed by atoms with Gasteiger partial charge in [-0.05, 0) is 30.0 Å². The third kappa shape index (κ3) is 3.84. The zero-order valence-corrected chi connectivity index (χ0v) is 14.0. The molecule has 0 radical (unpaired) electrons. The van der Waals surface area contributed by atoms with Gasteiger partial charge in [0.1, 0.15) is 19.6 Å². The summed E-state index contributed by atoms with van der Waals surface area (Å²) < 4.78 is 24.1. The fraction of sp³-hybridized carbons (Fsp3) is 0.625. The number of sulfone groups is 1. The highest BCUT2D eigenvalue weighted by Gasteiger charge is 2.35. The van der Waals surface area contributed by atoms with Crippen LogP contribution in [0.25, 0.3) is 0 Å². The Kier molecular flexibility index (Phi) is 5.07. The summed E-state index contributed by atoms with van der Waals surface area (Å²) in [5, 5.41) is 0. The monoisotopic (exact) mass is 312 g/mol. The summed E-state index contributed by atoms with van der Waals surface area (Å²) in [6.07, 6.45) is 4.46. The van der Waals surface area contributed by atoms with Crippen molar-refractivity contribution in [3.63, 3.8) is 0 Å². The number of piperidine rings is 1. The Morgan fingerprint density at radius 1 is 1.29 bits per heavy atom. The Morgan fingerprint density at radius 3 is 2.48 bits per heavy atom. The minimum Gasteiger partial charge on any atom is -0.224 e. The van der Waals surface area contributed by atoms with Crippen LogP contribution in [0.1, 0.15) is 37.7 Å². The lowest BCUT2D eigenvalue weighted by atomic mass is 9.89. The first kappa shape index (κ1) is 16.5. The summed E-state index contributed by atoms with van der Waals surface area (Å²) in [5.41, 5.74) is 1.14. The zero-order chi connectivity index (χ0) is 15.5. The Labute approximate surface area is 128 Å². The van der Waals surface area contributed by atoms with E-state index in [-0.39, 0.29) is 0 Å². The SMILES string of the molecule is CCC[N+]1(OC)CCC(c2cccc(S(C)(=O)=O)c2)CC1. The molecule has 0 saturated carbocycles. The van der Waals surface area contributed by atoms with Gasteiger partial charge in [-0.15, -0.1) is 0 Å². The molecule has 1 heterocycles. The van der Waals surface area contributed by atoms with Gasteiger partial charge in [0.05, 0.1) is 12.0 Å². The molecule has 0 bridgehead atoms. The van der Waals surface area contributed by atoms with Crippen molar-refractivity contribution in [1.82, 2.24) is 0 Å². The first-order valence-electron chi connectivity index (χ1n) is 7.62. The van der Waals surface area contributed by atoms with Crippen LogP contribution in [0.2, 0.25) is 0 Å². The molecule has 1 aromatic carbocycles. The van der Waals surface area contributed by atoms with Crippen LogP contribution in [0, 0.1) is 0 Å². The van der Waals surface area contributed by atoms with Crippen molar-refractivity contribution >= 4 is 9.84 Å². The standard InChI is InChI=1S/C16H26NO3S/c1-4-10-17(20-2)11-8-14(9-12-17)15-6-5-7-16(13-15)21(3,18)19/h5-7,13-14H,4,8-12H2,1-3H3/q+1. The van der Waals surface area contributed by atoms with Gasteiger partial charge in [-0.2, -0.15) is 4.65 Å². The van der Waals surface area contributed by atoms with Gasteiger partial charge in [0.2, 0.25) is 0 Å². The molecule has 0 spiro atoms. The molecule has 1 aliphatic rings. The molecule has 0 atom stereocenters. The van der Waals surface area contributed by atoms with Crippen molar-refractivity contribution in [3.8, 4) is 0 Å². The topological polar surface area (TPSA) is 43.4 Å². The highest BCUT2D eigenvalue weighted by Crippen LogP contribution is 2.32. The van der Waals surface area contributed by atoms with E-state index in [1.165, 1.54) is 6.26 Å². The summed E-state index contributed by atoms with van der Waals surface area (Å²) in [5.74, 6) is 0.435.